The van der Waals surface area contributed by atoms with E-state index in [0.29, 0.717) is 11.0 Å². The van der Waals surface area contributed by atoms with Gasteiger partial charge in [0.25, 0.3) is 0 Å². The van der Waals surface area contributed by atoms with Gasteiger partial charge in [-0.15, -0.1) is 0 Å². The van der Waals surface area contributed by atoms with Gasteiger partial charge in [-0.05, 0) is 24.6 Å². The molecule has 0 bridgehead atoms. The summed E-state index contributed by atoms with van der Waals surface area (Å²) in [7, 11) is 0. The number of amides is 1. The maximum atomic E-state index is 12.8. The Hall–Kier alpha value is -2.97. The van der Waals surface area contributed by atoms with Crippen LogP contribution in [0.25, 0.3) is 22.4 Å². The monoisotopic (exact) mass is 397 g/mol. The third-order valence-electron chi connectivity index (χ3n) is 4.08. The molecule has 0 aliphatic heterocycles. The predicted octanol–water partition coefficient (Wildman–Crippen LogP) is 3.66. The van der Waals surface area contributed by atoms with Crippen molar-refractivity contribution in [1.29, 1.82) is 0 Å². The zero-order chi connectivity index (χ0) is 25.5. The van der Waals surface area contributed by atoms with E-state index in [2.05, 4.69) is 19.9 Å². The predicted molar refractivity (Wildman–Crippen MR) is 98.3 cm³/mol. The SMILES string of the molecule is [2H]c1[nH]c2ncccc2c1-c1nccc(C[C@@](C)(C(=O)NCC(F)(F)F)C([2H])([2H])C([2H])([2H])[2H])n1. The van der Waals surface area contributed by atoms with Gasteiger partial charge in [-0.2, -0.15) is 13.2 Å². The summed E-state index contributed by atoms with van der Waals surface area (Å²) in [6, 6.07) is 4.60. The highest BCUT2D eigenvalue weighted by molar-refractivity contribution is 5.91. The van der Waals surface area contributed by atoms with Gasteiger partial charge in [0.1, 0.15) is 12.2 Å². The molecule has 1 atom stereocenters. The second-order valence-corrected chi connectivity index (χ2v) is 6.33. The van der Waals surface area contributed by atoms with Gasteiger partial charge in [-0.25, -0.2) is 15.0 Å². The Morgan fingerprint density at radius 2 is 2.18 bits per heavy atom. The number of nitrogens with one attached hydrogen (secondary N) is 2. The van der Waals surface area contributed by atoms with Gasteiger partial charge in [-0.1, -0.05) is 13.8 Å². The Labute approximate surface area is 168 Å². The van der Waals surface area contributed by atoms with Gasteiger partial charge >= 0.3 is 6.18 Å². The van der Waals surface area contributed by atoms with Crippen molar-refractivity contribution < 1.29 is 26.2 Å². The summed E-state index contributed by atoms with van der Waals surface area (Å²) in [4.78, 5) is 28.0. The normalized spacial score (nSPS) is 18.1. The number of pyridine rings is 1. The standard InChI is InChI=1S/C19H20F3N5O/c1-3-18(2,17(28)26-11-19(20,21)22)9-12-6-8-24-16(27-12)14-10-25-15-13(14)5-4-7-23-15/h4-8,10H,3,9,11H2,1-2H3,(H,23,25)(H,26,28)/t18-/m0/s1/i1D3,3D2,10D. The number of fused-ring (bicyclic) bond motifs is 1. The minimum absolute atomic E-state index is 0.000393. The number of alkyl halides is 3. The molecule has 3 rings (SSSR count). The van der Waals surface area contributed by atoms with Crippen LogP contribution in [0.15, 0.2) is 36.8 Å². The Bertz CT molecular complexity index is 1210. The van der Waals surface area contributed by atoms with Gasteiger partial charge in [0.2, 0.25) is 5.91 Å². The van der Waals surface area contributed by atoms with Gasteiger partial charge < -0.3 is 10.3 Å². The van der Waals surface area contributed by atoms with Crippen LogP contribution in [-0.4, -0.2) is 38.6 Å². The molecule has 1 amide bonds. The number of H-pyrrole nitrogens is 1. The van der Waals surface area contributed by atoms with Crippen molar-refractivity contribution >= 4 is 16.9 Å². The van der Waals surface area contributed by atoms with E-state index in [9.17, 15) is 18.0 Å². The summed E-state index contributed by atoms with van der Waals surface area (Å²) in [6.07, 6.45) is -5.92. The zero-order valence-electron chi connectivity index (χ0n) is 20.7. The highest BCUT2D eigenvalue weighted by Crippen LogP contribution is 2.29. The lowest BCUT2D eigenvalue weighted by atomic mass is 9.81. The minimum Gasteiger partial charge on any atom is -0.347 e. The van der Waals surface area contributed by atoms with Crippen molar-refractivity contribution in [3.63, 3.8) is 0 Å². The van der Waals surface area contributed by atoms with E-state index in [4.69, 9.17) is 8.22 Å². The molecule has 0 radical (unpaired) electrons. The Morgan fingerprint density at radius 3 is 2.93 bits per heavy atom. The lowest BCUT2D eigenvalue weighted by Gasteiger charge is -2.27. The lowest BCUT2D eigenvalue weighted by molar-refractivity contribution is -0.144. The summed E-state index contributed by atoms with van der Waals surface area (Å²) in [5, 5.41) is 2.12. The molecule has 148 valence electrons. The van der Waals surface area contributed by atoms with Crippen molar-refractivity contribution in [2.75, 3.05) is 6.54 Å². The Morgan fingerprint density at radius 1 is 1.36 bits per heavy atom. The van der Waals surface area contributed by atoms with Gasteiger partial charge in [0.05, 0.1) is 6.79 Å². The molecule has 0 saturated heterocycles. The van der Waals surface area contributed by atoms with E-state index in [1.807, 2.05) is 0 Å². The maximum Gasteiger partial charge on any atom is 0.405 e. The molecule has 3 aromatic heterocycles. The molecular weight excluding hydrogens is 371 g/mol. The van der Waals surface area contributed by atoms with Crippen molar-refractivity contribution in [3.8, 4) is 11.4 Å². The van der Waals surface area contributed by atoms with E-state index in [0.717, 1.165) is 6.92 Å². The third kappa shape index (κ3) is 4.29. The van der Waals surface area contributed by atoms with Crippen molar-refractivity contribution in [2.24, 2.45) is 5.41 Å². The molecular formula is C19H20F3N5O. The molecule has 0 spiro atoms. The first-order valence-corrected chi connectivity index (χ1v) is 8.17. The molecule has 0 saturated carbocycles. The van der Waals surface area contributed by atoms with Crippen LogP contribution < -0.4 is 5.32 Å². The van der Waals surface area contributed by atoms with E-state index >= 15 is 0 Å². The fourth-order valence-electron chi connectivity index (χ4n) is 2.61. The number of aromatic nitrogens is 4. The van der Waals surface area contributed by atoms with Crippen LogP contribution in [0.5, 0.6) is 0 Å². The average molecular weight is 397 g/mol. The first-order valence-electron chi connectivity index (χ1n) is 11.2. The van der Waals surface area contributed by atoms with E-state index in [-0.39, 0.29) is 23.3 Å². The molecule has 0 aliphatic carbocycles. The van der Waals surface area contributed by atoms with E-state index < -0.39 is 43.7 Å². The third-order valence-corrected chi connectivity index (χ3v) is 4.08. The lowest BCUT2D eigenvalue weighted by Crippen LogP contribution is -2.44. The molecule has 2 N–H and O–H groups in total. The van der Waals surface area contributed by atoms with Crippen LogP contribution in [0.3, 0.4) is 0 Å². The van der Waals surface area contributed by atoms with Crippen LogP contribution in [0, 0.1) is 5.41 Å². The topological polar surface area (TPSA) is 83.6 Å². The van der Waals surface area contributed by atoms with Crippen LogP contribution in [-0.2, 0) is 11.2 Å². The summed E-state index contributed by atoms with van der Waals surface area (Å²) >= 11 is 0. The smallest absolute Gasteiger partial charge is 0.347 e. The van der Waals surface area contributed by atoms with Gasteiger partial charge in [0.15, 0.2) is 5.82 Å². The molecule has 9 heteroatoms. The number of hydrogen-bond donors (Lipinski definition) is 2. The van der Waals surface area contributed by atoms with Crippen molar-refractivity contribution in [3.05, 3.63) is 42.5 Å². The largest absolute Gasteiger partial charge is 0.405 e. The minimum atomic E-state index is -4.78. The first kappa shape index (κ1) is 13.2. The summed E-state index contributed by atoms with van der Waals surface area (Å²) < 4.78 is 85.2. The van der Waals surface area contributed by atoms with Crippen molar-refractivity contribution in [1.82, 2.24) is 25.3 Å². The molecule has 28 heavy (non-hydrogen) atoms. The molecule has 0 aliphatic rings. The van der Waals surface area contributed by atoms with Crippen LogP contribution in [0.1, 0.15) is 34.1 Å². The Balaban J connectivity index is 2.05. The molecule has 3 aromatic rings. The highest BCUT2D eigenvalue weighted by atomic mass is 19.4. The molecule has 6 nitrogen and oxygen atoms in total. The number of carbonyl (C=O) groups is 1. The Kier molecular flexibility index (Phi) is 3.58. The van der Waals surface area contributed by atoms with E-state index in [1.165, 1.54) is 18.5 Å². The fourth-order valence-corrected chi connectivity index (χ4v) is 2.61. The quantitative estimate of drug-likeness (QED) is 0.665. The molecule has 0 fully saturated rings. The molecule has 0 aromatic carbocycles. The number of nitrogens with zero attached hydrogens (tertiary/aromatic N) is 3. The van der Waals surface area contributed by atoms with Crippen LogP contribution >= 0.6 is 0 Å². The second-order valence-electron chi connectivity index (χ2n) is 6.33. The summed E-state index contributed by atoms with van der Waals surface area (Å²) in [5.74, 6) is -1.40. The van der Waals surface area contributed by atoms with Crippen LogP contribution in [0.4, 0.5) is 13.2 Å². The molecule has 3 heterocycles. The second kappa shape index (κ2) is 7.57. The number of aromatic amines is 1. The summed E-state index contributed by atoms with van der Waals surface area (Å²) in [6.45, 7) is -4.14. The maximum absolute atomic E-state index is 12.8. The number of carbonyl (C=O) groups excluding carboxylic acids is 1. The number of rotatable bonds is 6. The zero-order valence-corrected chi connectivity index (χ0v) is 14.7. The summed E-state index contributed by atoms with van der Waals surface area (Å²) in [5.41, 5.74) is -1.79. The average Bonchev–Trinajstić information content (AvgIpc) is 3.06. The van der Waals surface area contributed by atoms with Crippen molar-refractivity contribution in [2.45, 2.75) is 32.7 Å². The highest BCUT2D eigenvalue weighted by Gasteiger charge is 2.35. The van der Waals surface area contributed by atoms with Gasteiger partial charge in [0, 0.05) is 48.5 Å². The first-order chi connectivity index (χ1) is 15.6. The fraction of sp³-hybridized carbons (Fsp3) is 0.368. The number of halogens is 3. The number of hydrogen-bond acceptors (Lipinski definition) is 4. The van der Waals surface area contributed by atoms with Crippen LogP contribution in [0.2, 0.25) is 0 Å². The van der Waals surface area contributed by atoms with Gasteiger partial charge in [-0.3, -0.25) is 4.79 Å². The van der Waals surface area contributed by atoms with E-state index in [1.54, 1.807) is 17.4 Å². The molecule has 0 unspecified atom stereocenters.